The Bertz CT molecular complexity index is 669. The maximum absolute atomic E-state index is 11.4. The van der Waals surface area contributed by atoms with Gasteiger partial charge in [-0.15, -0.1) is 0 Å². The quantitative estimate of drug-likeness (QED) is 0.862. The van der Waals surface area contributed by atoms with Gasteiger partial charge in [-0.25, -0.2) is 4.79 Å². The monoisotopic (exact) mass is 348 g/mol. The lowest BCUT2D eigenvalue weighted by molar-refractivity contribution is 0.0696. The van der Waals surface area contributed by atoms with E-state index in [1.807, 2.05) is 38.1 Å². The number of pyridine rings is 1. The number of rotatable bonds is 4. The highest BCUT2D eigenvalue weighted by atomic mass is 79.9. The smallest absolute Gasteiger partial charge is 0.339 e. The number of hydrogen-bond donors (Lipinski definition) is 2. The summed E-state index contributed by atoms with van der Waals surface area (Å²) in [6.45, 7) is 5.57. The Kier molecular flexibility index (Phi) is 4.63. The molecule has 5 heteroatoms. The van der Waals surface area contributed by atoms with Crippen molar-refractivity contribution in [1.82, 2.24) is 4.98 Å². The molecule has 2 rings (SSSR count). The first-order chi connectivity index (χ1) is 9.88. The maximum Gasteiger partial charge on any atom is 0.339 e. The molecule has 1 unspecified atom stereocenters. The van der Waals surface area contributed by atoms with E-state index in [1.54, 1.807) is 13.0 Å². The van der Waals surface area contributed by atoms with E-state index in [-0.39, 0.29) is 11.6 Å². The van der Waals surface area contributed by atoms with Gasteiger partial charge in [-0.3, -0.25) is 4.98 Å². The van der Waals surface area contributed by atoms with Crippen molar-refractivity contribution in [3.8, 4) is 0 Å². The Labute approximate surface area is 132 Å². The van der Waals surface area contributed by atoms with Crippen molar-refractivity contribution in [3.05, 3.63) is 57.3 Å². The molecule has 1 atom stereocenters. The Morgan fingerprint density at radius 3 is 2.48 bits per heavy atom. The maximum atomic E-state index is 11.4. The number of anilines is 1. The van der Waals surface area contributed by atoms with Crippen molar-refractivity contribution in [2.75, 3.05) is 5.32 Å². The Morgan fingerprint density at radius 1 is 1.29 bits per heavy atom. The van der Waals surface area contributed by atoms with Crippen LogP contribution in [0.3, 0.4) is 0 Å². The zero-order chi connectivity index (χ0) is 15.6. The SMILES string of the molecule is Cc1cc(NC(C)c2ccc(Br)cc2)c(C(=O)O)c(C)n1. The van der Waals surface area contributed by atoms with Gasteiger partial charge in [0.25, 0.3) is 0 Å². The Morgan fingerprint density at radius 2 is 1.90 bits per heavy atom. The lowest BCUT2D eigenvalue weighted by atomic mass is 10.1. The van der Waals surface area contributed by atoms with Gasteiger partial charge < -0.3 is 10.4 Å². The lowest BCUT2D eigenvalue weighted by Crippen LogP contribution is -2.13. The molecule has 0 spiro atoms. The summed E-state index contributed by atoms with van der Waals surface area (Å²) in [7, 11) is 0. The highest BCUT2D eigenvalue weighted by molar-refractivity contribution is 9.10. The summed E-state index contributed by atoms with van der Waals surface area (Å²) >= 11 is 3.40. The number of aryl methyl sites for hydroxylation is 2. The highest BCUT2D eigenvalue weighted by Crippen LogP contribution is 2.25. The number of nitrogens with zero attached hydrogens (tertiary/aromatic N) is 1. The number of carboxylic acids is 1. The molecule has 2 aromatic rings. The molecule has 1 aromatic carbocycles. The van der Waals surface area contributed by atoms with Gasteiger partial charge in [0.1, 0.15) is 5.56 Å². The number of nitrogens with one attached hydrogen (secondary N) is 1. The number of benzene rings is 1. The van der Waals surface area contributed by atoms with Crippen molar-refractivity contribution in [2.24, 2.45) is 0 Å². The summed E-state index contributed by atoms with van der Waals surface area (Å²) in [6.07, 6.45) is 0. The minimum atomic E-state index is -0.967. The molecular weight excluding hydrogens is 332 g/mol. The number of aromatic nitrogens is 1. The molecule has 1 heterocycles. The highest BCUT2D eigenvalue weighted by Gasteiger charge is 2.17. The van der Waals surface area contributed by atoms with Crippen LogP contribution >= 0.6 is 15.9 Å². The average Bonchev–Trinajstić information content (AvgIpc) is 2.37. The molecule has 2 N–H and O–H groups in total. The van der Waals surface area contributed by atoms with Crippen LogP contribution in [0.5, 0.6) is 0 Å². The van der Waals surface area contributed by atoms with Crippen molar-refractivity contribution < 1.29 is 9.90 Å². The first kappa shape index (κ1) is 15.5. The molecule has 0 aliphatic heterocycles. The van der Waals surface area contributed by atoms with E-state index in [1.165, 1.54) is 0 Å². The standard InChI is InChI=1S/C16H17BrN2O2/c1-9-8-14(15(16(20)21)11(3)18-9)19-10(2)12-4-6-13(17)7-5-12/h4-8,10H,1-3H3,(H,18,19)(H,20,21). The fraction of sp³-hybridized carbons (Fsp3) is 0.250. The molecule has 4 nitrogen and oxygen atoms in total. The molecule has 0 fully saturated rings. The van der Waals surface area contributed by atoms with Crippen LogP contribution in [-0.4, -0.2) is 16.1 Å². The second kappa shape index (κ2) is 6.26. The van der Waals surface area contributed by atoms with Gasteiger partial charge in [0, 0.05) is 16.2 Å². The van der Waals surface area contributed by atoms with Gasteiger partial charge in [0.2, 0.25) is 0 Å². The third-order valence-electron chi connectivity index (χ3n) is 3.28. The Hall–Kier alpha value is -1.88. The zero-order valence-electron chi connectivity index (χ0n) is 12.1. The van der Waals surface area contributed by atoms with Crippen LogP contribution in [0.25, 0.3) is 0 Å². The fourth-order valence-electron chi connectivity index (χ4n) is 2.28. The number of halogens is 1. The lowest BCUT2D eigenvalue weighted by Gasteiger charge is -2.18. The van der Waals surface area contributed by atoms with E-state index in [0.717, 1.165) is 15.7 Å². The van der Waals surface area contributed by atoms with Gasteiger partial charge in [0.05, 0.1) is 11.4 Å². The van der Waals surface area contributed by atoms with E-state index in [9.17, 15) is 9.90 Å². The Balaban J connectivity index is 2.34. The van der Waals surface area contributed by atoms with Crippen LogP contribution in [0.2, 0.25) is 0 Å². The average molecular weight is 349 g/mol. The first-order valence-electron chi connectivity index (χ1n) is 6.62. The van der Waals surface area contributed by atoms with Crippen LogP contribution < -0.4 is 5.32 Å². The molecule has 0 amide bonds. The molecule has 0 aliphatic carbocycles. The van der Waals surface area contributed by atoms with Gasteiger partial charge in [-0.05, 0) is 44.5 Å². The molecular formula is C16H17BrN2O2. The summed E-state index contributed by atoms with van der Waals surface area (Å²) in [5.41, 5.74) is 3.23. The summed E-state index contributed by atoms with van der Waals surface area (Å²) < 4.78 is 1.01. The molecule has 21 heavy (non-hydrogen) atoms. The van der Waals surface area contributed by atoms with Crippen LogP contribution in [0.1, 0.15) is 40.3 Å². The topological polar surface area (TPSA) is 62.2 Å². The van der Waals surface area contributed by atoms with E-state index in [0.29, 0.717) is 11.4 Å². The van der Waals surface area contributed by atoms with Crippen molar-refractivity contribution in [2.45, 2.75) is 26.8 Å². The fourth-order valence-corrected chi connectivity index (χ4v) is 2.54. The van der Waals surface area contributed by atoms with E-state index in [4.69, 9.17) is 0 Å². The largest absolute Gasteiger partial charge is 0.478 e. The molecule has 0 bridgehead atoms. The third kappa shape index (κ3) is 3.61. The summed E-state index contributed by atoms with van der Waals surface area (Å²) in [5, 5.41) is 12.6. The number of carboxylic acid groups (broad SMARTS) is 1. The number of carbonyl (C=O) groups is 1. The van der Waals surface area contributed by atoms with Crippen LogP contribution in [0.4, 0.5) is 5.69 Å². The second-order valence-electron chi connectivity index (χ2n) is 4.99. The number of aromatic carboxylic acids is 1. The molecule has 110 valence electrons. The predicted molar refractivity (Wildman–Crippen MR) is 86.9 cm³/mol. The van der Waals surface area contributed by atoms with Crippen molar-refractivity contribution in [3.63, 3.8) is 0 Å². The van der Waals surface area contributed by atoms with Crippen LogP contribution in [-0.2, 0) is 0 Å². The second-order valence-corrected chi connectivity index (χ2v) is 5.91. The molecule has 1 aromatic heterocycles. The summed E-state index contributed by atoms with van der Waals surface area (Å²) in [5.74, 6) is -0.967. The van der Waals surface area contributed by atoms with E-state index < -0.39 is 5.97 Å². The van der Waals surface area contributed by atoms with Crippen LogP contribution in [0.15, 0.2) is 34.8 Å². The van der Waals surface area contributed by atoms with Gasteiger partial charge >= 0.3 is 5.97 Å². The minimum Gasteiger partial charge on any atom is -0.478 e. The van der Waals surface area contributed by atoms with Crippen molar-refractivity contribution >= 4 is 27.6 Å². The zero-order valence-corrected chi connectivity index (χ0v) is 13.7. The normalized spacial score (nSPS) is 12.0. The van der Waals surface area contributed by atoms with Gasteiger partial charge in [-0.1, -0.05) is 28.1 Å². The molecule has 0 saturated carbocycles. The predicted octanol–water partition coefficient (Wildman–Crippen LogP) is 4.33. The molecule has 0 saturated heterocycles. The minimum absolute atomic E-state index is 0.00241. The van der Waals surface area contributed by atoms with Crippen LogP contribution in [0, 0.1) is 13.8 Å². The van der Waals surface area contributed by atoms with E-state index in [2.05, 4.69) is 26.2 Å². The number of hydrogen-bond acceptors (Lipinski definition) is 3. The van der Waals surface area contributed by atoms with Crippen molar-refractivity contribution in [1.29, 1.82) is 0 Å². The molecule has 0 radical (unpaired) electrons. The van der Waals surface area contributed by atoms with Gasteiger partial charge in [-0.2, -0.15) is 0 Å². The summed E-state index contributed by atoms with van der Waals surface area (Å²) in [4.78, 5) is 15.7. The third-order valence-corrected chi connectivity index (χ3v) is 3.81. The van der Waals surface area contributed by atoms with E-state index >= 15 is 0 Å². The first-order valence-corrected chi connectivity index (χ1v) is 7.41. The van der Waals surface area contributed by atoms with Gasteiger partial charge in [0.15, 0.2) is 0 Å². The molecule has 0 aliphatic rings. The summed E-state index contributed by atoms with van der Waals surface area (Å²) in [6, 6.07) is 9.71.